The van der Waals surface area contributed by atoms with Crippen molar-refractivity contribution in [2.24, 2.45) is 0 Å². The van der Waals surface area contributed by atoms with E-state index in [1.165, 1.54) is 33.4 Å². The normalized spacial score (nSPS) is 11.5. The topological polar surface area (TPSA) is 18.5 Å². The molecule has 2 aromatic rings. The second-order valence-corrected chi connectivity index (χ2v) is 10.3. The highest BCUT2D eigenvalue weighted by Gasteiger charge is 2.31. The Labute approximate surface area is 141 Å². The van der Waals surface area contributed by atoms with Gasteiger partial charge in [0.15, 0.2) is 0 Å². The molecule has 2 nitrogen and oxygen atoms in total. The molecular weight excluding hydrogens is 300 g/mol. The van der Waals surface area contributed by atoms with Crippen LogP contribution in [0.5, 0.6) is 11.5 Å². The van der Waals surface area contributed by atoms with Gasteiger partial charge in [-0.3, -0.25) is 0 Å². The molecule has 2 aromatic carbocycles. The number of hydrogen-bond acceptors (Lipinski definition) is 2. The largest absolute Gasteiger partial charge is 0.512 e. The molecule has 3 heteroatoms. The minimum absolute atomic E-state index is 0.967. The molecule has 124 valence electrons. The van der Waals surface area contributed by atoms with Crippen molar-refractivity contribution in [3.05, 3.63) is 57.6 Å². The smallest absolute Gasteiger partial charge is 0.454 e. The van der Waals surface area contributed by atoms with Crippen LogP contribution in [0.4, 0.5) is 0 Å². The SMILES string of the molecule is Cc1cc(C)c(O[Si](C)(C)Oc2c(C)cc(C)cc2C)c(C)c1. The fourth-order valence-corrected chi connectivity index (χ4v) is 4.84. The Hall–Kier alpha value is -1.74. The van der Waals surface area contributed by atoms with Crippen LogP contribution in [0.25, 0.3) is 0 Å². The Balaban J connectivity index is 2.30. The van der Waals surface area contributed by atoms with E-state index in [0.717, 1.165) is 11.5 Å². The van der Waals surface area contributed by atoms with Crippen LogP contribution in [0, 0.1) is 41.5 Å². The molecule has 0 aromatic heterocycles. The van der Waals surface area contributed by atoms with Crippen molar-refractivity contribution in [1.29, 1.82) is 0 Å². The predicted molar refractivity (Wildman–Crippen MR) is 100 cm³/mol. The molecule has 2 rings (SSSR count). The molecule has 0 aliphatic heterocycles. The fraction of sp³-hybridized carbons (Fsp3) is 0.400. The van der Waals surface area contributed by atoms with E-state index in [0.29, 0.717) is 0 Å². The van der Waals surface area contributed by atoms with E-state index in [2.05, 4.69) is 78.9 Å². The highest BCUT2D eigenvalue weighted by Crippen LogP contribution is 2.31. The Morgan fingerprint density at radius 3 is 1.09 bits per heavy atom. The lowest BCUT2D eigenvalue weighted by atomic mass is 10.1. The molecule has 23 heavy (non-hydrogen) atoms. The molecule has 0 amide bonds. The van der Waals surface area contributed by atoms with Gasteiger partial charge in [0.2, 0.25) is 0 Å². The van der Waals surface area contributed by atoms with Gasteiger partial charge in [0.25, 0.3) is 0 Å². The van der Waals surface area contributed by atoms with Gasteiger partial charge in [-0.2, -0.15) is 0 Å². The summed E-state index contributed by atoms with van der Waals surface area (Å²) in [5.41, 5.74) is 7.21. The lowest BCUT2D eigenvalue weighted by Gasteiger charge is -2.28. The number of hydrogen-bond donors (Lipinski definition) is 0. The Morgan fingerprint density at radius 2 is 0.826 bits per heavy atom. The predicted octanol–water partition coefficient (Wildman–Crippen LogP) is 5.70. The van der Waals surface area contributed by atoms with Crippen molar-refractivity contribution in [3.8, 4) is 11.5 Å². The van der Waals surface area contributed by atoms with Gasteiger partial charge in [0, 0.05) is 13.1 Å². The lowest BCUT2D eigenvalue weighted by molar-refractivity contribution is 0.393. The summed E-state index contributed by atoms with van der Waals surface area (Å²) in [4.78, 5) is 0. The molecule has 0 saturated heterocycles. The quantitative estimate of drug-likeness (QED) is 0.671. The molecule has 0 unspecified atom stereocenters. The van der Waals surface area contributed by atoms with E-state index in [1.807, 2.05) is 0 Å². The van der Waals surface area contributed by atoms with Crippen LogP contribution in [0.1, 0.15) is 33.4 Å². The van der Waals surface area contributed by atoms with Gasteiger partial charge < -0.3 is 8.85 Å². The molecule has 0 fully saturated rings. The van der Waals surface area contributed by atoms with Crippen LogP contribution in [-0.2, 0) is 0 Å². The zero-order valence-corrected chi connectivity index (χ0v) is 16.6. The molecule has 0 spiro atoms. The van der Waals surface area contributed by atoms with Crippen molar-refractivity contribution in [2.75, 3.05) is 0 Å². The Kier molecular flexibility index (Phi) is 4.90. The zero-order chi connectivity index (χ0) is 17.4. The summed E-state index contributed by atoms with van der Waals surface area (Å²) in [6.07, 6.45) is 0. The van der Waals surface area contributed by atoms with E-state index >= 15 is 0 Å². The van der Waals surface area contributed by atoms with Crippen LogP contribution in [-0.4, -0.2) is 8.56 Å². The second kappa shape index (κ2) is 6.40. The van der Waals surface area contributed by atoms with Crippen molar-refractivity contribution >= 4 is 8.56 Å². The van der Waals surface area contributed by atoms with Gasteiger partial charge in [-0.25, -0.2) is 0 Å². The van der Waals surface area contributed by atoms with E-state index in [4.69, 9.17) is 8.85 Å². The van der Waals surface area contributed by atoms with Crippen LogP contribution in [0.2, 0.25) is 13.1 Å². The van der Waals surface area contributed by atoms with Crippen molar-refractivity contribution in [3.63, 3.8) is 0 Å². The highest BCUT2D eigenvalue weighted by atomic mass is 28.4. The summed E-state index contributed by atoms with van der Waals surface area (Å²) < 4.78 is 12.8. The zero-order valence-electron chi connectivity index (χ0n) is 15.6. The van der Waals surface area contributed by atoms with Gasteiger partial charge in [-0.1, -0.05) is 35.4 Å². The maximum Gasteiger partial charge on any atom is 0.454 e. The first-order chi connectivity index (χ1) is 10.6. The van der Waals surface area contributed by atoms with E-state index in [9.17, 15) is 0 Å². The van der Waals surface area contributed by atoms with Crippen molar-refractivity contribution in [1.82, 2.24) is 0 Å². The Morgan fingerprint density at radius 1 is 0.565 bits per heavy atom. The third-order valence-electron chi connectivity index (χ3n) is 3.91. The number of rotatable bonds is 4. The van der Waals surface area contributed by atoms with E-state index in [-0.39, 0.29) is 0 Å². The number of benzene rings is 2. The molecule has 0 bridgehead atoms. The maximum atomic E-state index is 6.38. The van der Waals surface area contributed by atoms with E-state index in [1.54, 1.807) is 0 Å². The van der Waals surface area contributed by atoms with Crippen LogP contribution >= 0.6 is 0 Å². The molecule has 0 radical (unpaired) electrons. The van der Waals surface area contributed by atoms with Crippen LogP contribution in [0.3, 0.4) is 0 Å². The maximum absolute atomic E-state index is 6.38. The summed E-state index contributed by atoms with van der Waals surface area (Å²) >= 11 is 0. The molecule has 0 heterocycles. The average Bonchev–Trinajstić information content (AvgIpc) is 2.38. The minimum atomic E-state index is -2.35. The van der Waals surface area contributed by atoms with Gasteiger partial charge in [-0.05, 0) is 63.8 Å². The summed E-state index contributed by atoms with van der Waals surface area (Å²) in [6, 6.07) is 8.65. The third-order valence-corrected chi connectivity index (χ3v) is 5.30. The standard InChI is InChI=1S/C20H28O2Si/c1-13-9-15(3)19(16(4)10-13)21-23(7,8)22-20-17(5)11-14(2)12-18(20)6/h9-12H,1-8H3. The highest BCUT2D eigenvalue weighted by molar-refractivity contribution is 6.66. The number of aryl methyl sites for hydroxylation is 6. The van der Waals surface area contributed by atoms with Gasteiger partial charge in [-0.15, -0.1) is 0 Å². The first-order valence-electron chi connectivity index (χ1n) is 8.13. The summed E-state index contributed by atoms with van der Waals surface area (Å²) in [5, 5.41) is 0. The molecule has 0 N–H and O–H groups in total. The summed E-state index contributed by atoms with van der Waals surface area (Å²) in [7, 11) is -2.35. The van der Waals surface area contributed by atoms with Gasteiger partial charge in [0.05, 0.1) is 0 Å². The first-order valence-corrected chi connectivity index (χ1v) is 10.9. The lowest BCUT2D eigenvalue weighted by Crippen LogP contribution is -2.42. The van der Waals surface area contributed by atoms with Crippen LogP contribution < -0.4 is 8.85 Å². The van der Waals surface area contributed by atoms with E-state index < -0.39 is 8.56 Å². The Bertz CT molecular complexity index is 625. The molecular formula is C20H28O2Si. The average molecular weight is 329 g/mol. The molecule has 0 aliphatic rings. The molecule has 0 saturated carbocycles. The van der Waals surface area contributed by atoms with Crippen molar-refractivity contribution < 1.29 is 8.85 Å². The monoisotopic (exact) mass is 328 g/mol. The third kappa shape index (κ3) is 4.17. The van der Waals surface area contributed by atoms with Crippen molar-refractivity contribution in [2.45, 2.75) is 54.6 Å². The molecule has 0 atom stereocenters. The summed E-state index contributed by atoms with van der Waals surface area (Å²) in [6.45, 7) is 16.8. The van der Waals surface area contributed by atoms with Gasteiger partial charge in [0.1, 0.15) is 11.5 Å². The fourth-order valence-electron chi connectivity index (χ4n) is 3.17. The minimum Gasteiger partial charge on any atom is -0.512 e. The summed E-state index contributed by atoms with van der Waals surface area (Å²) in [5.74, 6) is 1.93. The first kappa shape index (κ1) is 17.6. The second-order valence-electron chi connectivity index (χ2n) is 7.06. The van der Waals surface area contributed by atoms with Crippen LogP contribution in [0.15, 0.2) is 24.3 Å². The molecule has 0 aliphatic carbocycles. The van der Waals surface area contributed by atoms with Gasteiger partial charge >= 0.3 is 8.56 Å².